The molecule has 1 rings (SSSR count). The van der Waals surface area contributed by atoms with Crippen molar-refractivity contribution in [1.82, 2.24) is 0 Å². The van der Waals surface area contributed by atoms with E-state index in [0.29, 0.717) is 0 Å². The quantitative estimate of drug-likeness (QED) is 0.538. The van der Waals surface area contributed by atoms with Gasteiger partial charge in [-0.05, 0) is 12.1 Å². The summed E-state index contributed by atoms with van der Waals surface area (Å²) in [6.07, 6.45) is 0. The Bertz CT molecular complexity index is 312. The van der Waals surface area contributed by atoms with Gasteiger partial charge in [0.1, 0.15) is 5.82 Å². The number of hydrogen-bond donors (Lipinski definition) is 0. The second kappa shape index (κ2) is 3.87. The molecule has 1 nitrogen and oxygen atoms in total. The number of rotatable bonds is 2. The number of Topliss-reactive ketones (excluding diaryl/α,β-unsaturated/α-hetero) is 1. The van der Waals surface area contributed by atoms with Crippen molar-refractivity contribution in [3.63, 3.8) is 0 Å². The van der Waals surface area contributed by atoms with E-state index in [4.69, 9.17) is 23.2 Å². The molecule has 0 atom stereocenters. The van der Waals surface area contributed by atoms with E-state index in [-0.39, 0.29) is 22.2 Å². The molecule has 0 aliphatic heterocycles. The third kappa shape index (κ3) is 1.76. The van der Waals surface area contributed by atoms with Crippen LogP contribution < -0.4 is 0 Å². The van der Waals surface area contributed by atoms with Gasteiger partial charge in [-0.25, -0.2) is 4.39 Å². The lowest BCUT2D eigenvalue weighted by Gasteiger charge is -2.00. The second-order valence-electron chi connectivity index (χ2n) is 2.16. The zero-order valence-corrected chi connectivity index (χ0v) is 7.49. The van der Waals surface area contributed by atoms with Crippen LogP contribution in [0.15, 0.2) is 18.2 Å². The van der Waals surface area contributed by atoms with Gasteiger partial charge in [0.15, 0.2) is 5.78 Å². The van der Waals surface area contributed by atoms with E-state index in [1.807, 2.05) is 0 Å². The largest absolute Gasteiger partial charge is 0.293 e. The summed E-state index contributed by atoms with van der Waals surface area (Å²) in [5.74, 6) is -1.17. The molecule has 0 amide bonds. The molecule has 64 valence electrons. The molecule has 0 aliphatic rings. The SMILES string of the molecule is O=C(CCl)c1cccc(F)c1Cl. The van der Waals surface area contributed by atoms with Crippen molar-refractivity contribution in [2.45, 2.75) is 0 Å². The van der Waals surface area contributed by atoms with Crippen molar-refractivity contribution in [1.29, 1.82) is 0 Å². The van der Waals surface area contributed by atoms with Crippen LogP contribution in [0.1, 0.15) is 10.4 Å². The van der Waals surface area contributed by atoms with Crippen LogP contribution in [0, 0.1) is 5.82 Å². The molecule has 0 aromatic heterocycles. The molecule has 4 heteroatoms. The lowest BCUT2D eigenvalue weighted by molar-refractivity contribution is 0.102. The van der Waals surface area contributed by atoms with Crippen molar-refractivity contribution in [2.24, 2.45) is 0 Å². The molecule has 0 radical (unpaired) electrons. The zero-order chi connectivity index (χ0) is 9.14. The van der Waals surface area contributed by atoms with E-state index in [9.17, 15) is 9.18 Å². The van der Waals surface area contributed by atoms with Gasteiger partial charge in [-0.3, -0.25) is 4.79 Å². The van der Waals surface area contributed by atoms with E-state index in [1.54, 1.807) is 0 Å². The second-order valence-corrected chi connectivity index (χ2v) is 2.80. The Morgan fingerprint density at radius 3 is 2.75 bits per heavy atom. The molecule has 0 heterocycles. The topological polar surface area (TPSA) is 17.1 Å². The summed E-state index contributed by atoms with van der Waals surface area (Å²) in [6.45, 7) is 0. The summed E-state index contributed by atoms with van der Waals surface area (Å²) >= 11 is 10.8. The first-order valence-corrected chi connectivity index (χ1v) is 4.11. The van der Waals surface area contributed by atoms with Gasteiger partial charge in [0.2, 0.25) is 0 Å². The van der Waals surface area contributed by atoms with Crippen molar-refractivity contribution in [3.8, 4) is 0 Å². The molecule has 1 aromatic rings. The maximum atomic E-state index is 12.7. The number of carbonyl (C=O) groups excluding carboxylic acids is 1. The Labute approximate surface area is 79.1 Å². The van der Waals surface area contributed by atoms with Crippen LogP contribution in [0.3, 0.4) is 0 Å². The highest BCUT2D eigenvalue weighted by Gasteiger charge is 2.11. The van der Waals surface area contributed by atoms with Crippen LogP contribution in [0.5, 0.6) is 0 Å². The fraction of sp³-hybridized carbons (Fsp3) is 0.125. The van der Waals surface area contributed by atoms with Crippen molar-refractivity contribution < 1.29 is 9.18 Å². The highest BCUT2D eigenvalue weighted by atomic mass is 35.5. The molecule has 0 spiro atoms. The van der Waals surface area contributed by atoms with E-state index < -0.39 is 5.82 Å². The summed E-state index contributed by atoms with van der Waals surface area (Å²) in [7, 11) is 0. The van der Waals surface area contributed by atoms with Gasteiger partial charge >= 0.3 is 0 Å². The lowest BCUT2D eigenvalue weighted by atomic mass is 10.1. The minimum atomic E-state index is -0.604. The molecule has 0 aliphatic carbocycles. The smallest absolute Gasteiger partial charge is 0.179 e. The van der Waals surface area contributed by atoms with Crippen molar-refractivity contribution in [2.75, 3.05) is 5.88 Å². The van der Waals surface area contributed by atoms with Crippen molar-refractivity contribution >= 4 is 29.0 Å². The summed E-state index contributed by atoms with van der Waals surface area (Å²) in [6, 6.07) is 4.05. The van der Waals surface area contributed by atoms with Gasteiger partial charge < -0.3 is 0 Å². The molecule has 1 aromatic carbocycles. The maximum absolute atomic E-state index is 12.7. The van der Waals surface area contributed by atoms with Crippen LogP contribution in [0.2, 0.25) is 5.02 Å². The summed E-state index contributed by atoms with van der Waals surface area (Å²) in [5.41, 5.74) is 0.131. The molecule has 0 unspecified atom stereocenters. The molecule has 0 saturated carbocycles. The summed E-state index contributed by atoms with van der Waals surface area (Å²) in [5, 5.41) is -0.164. The standard InChI is InChI=1S/C8H5Cl2FO/c9-4-7(12)5-2-1-3-6(11)8(5)10/h1-3H,4H2. The van der Waals surface area contributed by atoms with Crippen LogP contribution in [0.4, 0.5) is 4.39 Å². The lowest BCUT2D eigenvalue weighted by Crippen LogP contribution is -2.01. The van der Waals surface area contributed by atoms with Gasteiger partial charge in [-0.15, -0.1) is 11.6 Å². The third-order valence-corrected chi connectivity index (χ3v) is 2.00. The Balaban J connectivity index is 3.16. The Morgan fingerprint density at radius 1 is 1.50 bits per heavy atom. The fourth-order valence-corrected chi connectivity index (χ4v) is 1.17. The molecular weight excluding hydrogens is 202 g/mol. The molecule has 12 heavy (non-hydrogen) atoms. The first-order valence-electron chi connectivity index (χ1n) is 3.20. The van der Waals surface area contributed by atoms with E-state index >= 15 is 0 Å². The highest BCUT2D eigenvalue weighted by Crippen LogP contribution is 2.20. The number of benzene rings is 1. The fourth-order valence-electron chi connectivity index (χ4n) is 0.791. The first kappa shape index (κ1) is 9.49. The minimum Gasteiger partial charge on any atom is -0.293 e. The third-order valence-electron chi connectivity index (χ3n) is 1.37. The summed E-state index contributed by atoms with van der Waals surface area (Å²) < 4.78 is 12.7. The average Bonchev–Trinajstić information content (AvgIpc) is 2.08. The van der Waals surface area contributed by atoms with Crippen LogP contribution in [-0.2, 0) is 0 Å². The van der Waals surface area contributed by atoms with E-state index in [0.717, 1.165) is 0 Å². The minimum absolute atomic E-state index is 0.131. The number of carbonyl (C=O) groups is 1. The molecule has 0 bridgehead atoms. The van der Waals surface area contributed by atoms with Gasteiger partial charge in [0, 0.05) is 5.56 Å². The van der Waals surface area contributed by atoms with Gasteiger partial charge in [-0.1, -0.05) is 17.7 Å². The Kier molecular flexibility index (Phi) is 3.06. The molecule has 0 N–H and O–H groups in total. The molecule has 0 fully saturated rings. The number of hydrogen-bond acceptors (Lipinski definition) is 1. The predicted octanol–water partition coefficient (Wildman–Crippen LogP) is 2.90. The Hall–Kier alpha value is -0.600. The van der Waals surface area contributed by atoms with E-state index in [2.05, 4.69) is 0 Å². The van der Waals surface area contributed by atoms with E-state index in [1.165, 1.54) is 18.2 Å². The number of halogens is 3. The van der Waals surface area contributed by atoms with Gasteiger partial charge in [0.25, 0.3) is 0 Å². The number of alkyl halides is 1. The van der Waals surface area contributed by atoms with Crippen LogP contribution in [0.25, 0.3) is 0 Å². The summed E-state index contributed by atoms with van der Waals surface area (Å²) in [4.78, 5) is 11.0. The predicted molar refractivity (Wildman–Crippen MR) is 46.5 cm³/mol. The maximum Gasteiger partial charge on any atom is 0.179 e. The zero-order valence-electron chi connectivity index (χ0n) is 5.98. The normalized spacial score (nSPS) is 9.92. The van der Waals surface area contributed by atoms with Crippen LogP contribution in [-0.4, -0.2) is 11.7 Å². The first-order chi connectivity index (χ1) is 5.66. The molecular formula is C8H5Cl2FO. The average molecular weight is 207 g/mol. The van der Waals surface area contributed by atoms with Crippen molar-refractivity contribution in [3.05, 3.63) is 34.6 Å². The molecule has 0 saturated heterocycles. The van der Waals surface area contributed by atoms with Gasteiger partial charge in [-0.2, -0.15) is 0 Å². The monoisotopic (exact) mass is 206 g/mol. The van der Waals surface area contributed by atoms with Crippen LogP contribution >= 0.6 is 23.2 Å². The highest BCUT2D eigenvalue weighted by molar-refractivity contribution is 6.37. The Morgan fingerprint density at radius 2 is 2.17 bits per heavy atom. The van der Waals surface area contributed by atoms with Gasteiger partial charge in [0.05, 0.1) is 10.9 Å². The number of ketones is 1.